The predicted molar refractivity (Wildman–Crippen MR) is 108 cm³/mol. The highest BCUT2D eigenvalue weighted by Crippen LogP contribution is 2.42. The van der Waals surface area contributed by atoms with Gasteiger partial charge in [0, 0.05) is 12.3 Å². The van der Waals surface area contributed by atoms with Gasteiger partial charge in [-0.15, -0.1) is 0 Å². The number of allylic oxidation sites excluding steroid dienone is 1. The van der Waals surface area contributed by atoms with Crippen molar-refractivity contribution in [2.24, 2.45) is 5.92 Å². The second kappa shape index (κ2) is 7.53. The Bertz CT molecular complexity index is 895. The van der Waals surface area contributed by atoms with Gasteiger partial charge in [-0.25, -0.2) is 0 Å². The van der Waals surface area contributed by atoms with Crippen LogP contribution in [0, 0.1) is 5.92 Å². The average molecular weight is 338 g/mol. The molecule has 0 bridgehead atoms. The van der Waals surface area contributed by atoms with Crippen molar-refractivity contribution in [3.05, 3.63) is 108 Å². The molecule has 1 aliphatic carbocycles. The molecular weight excluding hydrogens is 316 g/mol. The van der Waals surface area contributed by atoms with Gasteiger partial charge in [-0.1, -0.05) is 97.1 Å². The van der Waals surface area contributed by atoms with E-state index in [2.05, 4.69) is 54.6 Å². The van der Waals surface area contributed by atoms with Crippen LogP contribution in [0.4, 0.5) is 0 Å². The monoisotopic (exact) mass is 338 g/mol. The van der Waals surface area contributed by atoms with Crippen LogP contribution < -0.4 is 0 Å². The molecule has 26 heavy (non-hydrogen) atoms. The van der Waals surface area contributed by atoms with Crippen molar-refractivity contribution in [3.63, 3.8) is 0 Å². The summed E-state index contributed by atoms with van der Waals surface area (Å²) in [4.78, 5) is 12.9. The first kappa shape index (κ1) is 16.5. The number of ketones is 1. The lowest BCUT2D eigenvalue weighted by Crippen LogP contribution is -2.08. The van der Waals surface area contributed by atoms with Crippen LogP contribution in [-0.4, -0.2) is 5.78 Å². The number of Topliss-reactive ketones (excluding diaryl/α,β-unsaturated/α-hetero) is 1. The molecule has 0 unspecified atom stereocenters. The highest BCUT2D eigenvalue weighted by molar-refractivity contribution is 6.00. The summed E-state index contributed by atoms with van der Waals surface area (Å²) < 4.78 is 0. The van der Waals surface area contributed by atoms with E-state index in [1.165, 1.54) is 5.56 Å². The summed E-state index contributed by atoms with van der Waals surface area (Å²) in [7, 11) is 0. The molecule has 0 aliphatic heterocycles. The molecule has 1 aliphatic rings. The molecule has 128 valence electrons. The summed E-state index contributed by atoms with van der Waals surface area (Å²) in [6.07, 6.45) is 3.70. The van der Waals surface area contributed by atoms with Gasteiger partial charge in [0.1, 0.15) is 5.78 Å². The lowest BCUT2D eigenvalue weighted by atomic mass is 9.87. The Kier molecular flexibility index (Phi) is 4.79. The van der Waals surface area contributed by atoms with Crippen molar-refractivity contribution in [3.8, 4) is 0 Å². The average Bonchev–Trinajstić information content (AvgIpc) is 3.10. The summed E-state index contributed by atoms with van der Waals surface area (Å²) in [5.41, 5.74) is 4.70. The molecule has 0 aromatic heterocycles. The smallest absolute Gasteiger partial charge is 0.140 e. The van der Waals surface area contributed by atoms with Crippen LogP contribution in [-0.2, 0) is 4.79 Å². The highest BCUT2D eigenvalue weighted by atomic mass is 16.1. The van der Waals surface area contributed by atoms with Gasteiger partial charge in [0.15, 0.2) is 0 Å². The van der Waals surface area contributed by atoms with E-state index in [1.54, 1.807) is 0 Å². The van der Waals surface area contributed by atoms with E-state index in [9.17, 15) is 4.79 Å². The van der Waals surface area contributed by atoms with Gasteiger partial charge in [-0.2, -0.15) is 0 Å². The molecule has 4 rings (SSSR count). The lowest BCUT2D eigenvalue weighted by Gasteiger charge is -2.16. The molecule has 0 saturated heterocycles. The molecule has 0 heterocycles. The predicted octanol–water partition coefficient (Wildman–Crippen LogP) is 5.99. The van der Waals surface area contributed by atoms with E-state index in [1.807, 2.05) is 42.5 Å². The van der Waals surface area contributed by atoms with E-state index >= 15 is 0 Å². The summed E-state index contributed by atoms with van der Waals surface area (Å²) in [5, 5.41) is 0. The van der Waals surface area contributed by atoms with Gasteiger partial charge in [0.2, 0.25) is 0 Å². The van der Waals surface area contributed by atoms with Crippen molar-refractivity contribution in [1.82, 2.24) is 0 Å². The summed E-state index contributed by atoms with van der Waals surface area (Å²) >= 11 is 0. The first-order valence-electron chi connectivity index (χ1n) is 9.21. The number of hydrogen-bond donors (Lipinski definition) is 0. The molecule has 1 saturated carbocycles. The molecule has 1 heteroatoms. The van der Waals surface area contributed by atoms with Crippen LogP contribution in [0.15, 0.2) is 91.0 Å². The van der Waals surface area contributed by atoms with Crippen molar-refractivity contribution in [2.75, 3.05) is 0 Å². The normalized spacial score (nSPS) is 20.3. The Morgan fingerprint density at radius 2 is 1.35 bits per heavy atom. The molecule has 2 atom stereocenters. The van der Waals surface area contributed by atoms with Gasteiger partial charge in [-0.3, -0.25) is 4.79 Å². The van der Waals surface area contributed by atoms with Gasteiger partial charge in [-0.05, 0) is 34.6 Å². The van der Waals surface area contributed by atoms with E-state index in [4.69, 9.17) is 0 Å². The van der Waals surface area contributed by atoms with Crippen LogP contribution in [0.3, 0.4) is 0 Å². The first-order valence-corrected chi connectivity index (χ1v) is 9.21. The van der Waals surface area contributed by atoms with Crippen LogP contribution in [0.1, 0.15) is 35.4 Å². The van der Waals surface area contributed by atoms with Gasteiger partial charge in [0.05, 0.1) is 0 Å². The second-order valence-electron chi connectivity index (χ2n) is 6.94. The Balaban J connectivity index is 1.70. The fourth-order valence-electron chi connectivity index (χ4n) is 3.91. The van der Waals surface area contributed by atoms with Crippen molar-refractivity contribution in [1.29, 1.82) is 0 Å². The third-order valence-electron chi connectivity index (χ3n) is 5.23. The zero-order valence-corrected chi connectivity index (χ0v) is 14.7. The maximum atomic E-state index is 12.9. The molecule has 0 radical (unpaired) electrons. The minimum atomic E-state index is -0.0391. The summed E-state index contributed by atoms with van der Waals surface area (Å²) in [6, 6.07) is 31.0. The largest absolute Gasteiger partial charge is 0.299 e. The van der Waals surface area contributed by atoms with E-state index in [0.29, 0.717) is 18.1 Å². The SMILES string of the molecule is O=C1C[C@H](c2ccccc2)C[C@@H]1/C(=C/c1ccccc1)c1ccccc1. The van der Waals surface area contributed by atoms with Crippen LogP contribution in [0.25, 0.3) is 11.6 Å². The molecule has 0 N–H and O–H groups in total. The minimum absolute atomic E-state index is 0.0391. The molecule has 3 aromatic rings. The maximum Gasteiger partial charge on any atom is 0.140 e. The van der Waals surface area contributed by atoms with Crippen LogP contribution in [0.2, 0.25) is 0 Å². The topological polar surface area (TPSA) is 17.1 Å². The Labute approximate surface area is 155 Å². The standard InChI is InChI=1S/C25H22O/c26-25-18-22(20-12-6-2-7-13-20)17-24(25)23(21-14-8-3-9-15-21)16-19-10-4-1-5-11-19/h1-16,22,24H,17-18H2/b23-16+/t22-,24-/m1/s1. The minimum Gasteiger partial charge on any atom is -0.299 e. The zero-order valence-electron chi connectivity index (χ0n) is 14.7. The molecule has 1 fully saturated rings. The Morgan fingerprint density at radius 1 is 0.769 bits per heavy atom. The Morgan fingerprint density at radius 3 is 2.00 bits per heavy atom. The van der Waals surface area contributed by atoms with E-state index in [0.717, 1.165) is 23.1 Å². The first-order chi connectivity index (χ1) is 12.8. The molecule has 3 aromatic carbocycles. The van der Waals surface area contributed by atoms with Crippen LogP contribution in [0.5, 0.6) is 0 Å². The zero-order chi connectivity index (χ0) is 17.8. The van der Waals surface area contributed by atoms with Gasteiger partial charge >= 0.3 is 0 Å². The van der Waals surface area contributed by atoms with Crippen LogP contribution >= 0.6 is 0 Å². The summed E-state index contributed by atoms with van der Waals surface area (Å²) in [6.45, 7) is 0. The fraction of sp³-hybridized carbons (Fsp3) is 0.160. The Hall–Kier alpha value is -2.93. The highest BCUT2D eigenvalue weighted by Gasteiger charge is 2.35. The number of benzene rings is 3. The van der Waals surface area contributed by atoms with Crippen molar-refractivity contribution < 1.29 is 4.79 Å². The molecule has 1 nitrogen and oxygen atoms in total. The summed E-state index contributed by atoms with van der Waals surface area (Å²) in [5.74, 6) is 0.629. The third-order valence-corrected chi connectivity index (χ3v) is 5.23. The fourth-order valence-corrected chi connectivity index (χ4v) is 3.91. The van der Waals surface area contributed by atoms with Crippen molar-refractivity contribution in [2.45, 2.75) is 18.8 Å². The van der Waals surface area contributed by atoms with Gasteiger partial charge in [0.25, 0.3) is 0 Å². The number of rotatable bonds is 4. The quantitative estimate of drug-likeness (QED) is 0.534. The number of carbonyl (C=O) groups excluding carboxylic acids is 1. The molecule has 0 amide bonds. The molecule has 0 spiro atoms. The molecular formula is C25H22O. The van der Waals surface area contributed by atoms with Gasteiger partial charge < -0.3 is 0 Å². The number of hydrogen-bond acceptors (Lipinski definition) is 1. The third kappa shape index (κ3) is 3.52. The van der Waals surface area contributed by atoms with E-state index < -0.39 is 0 Å². The maximum absolute atomic E-state index is 12.9. The second-order valence-corrected chi connectivity index (χ2v) is 6.94. The van der Waals surface area contributed by atoms with Crippen molar-refractivity contribution >= 4 is 17.4 Å². The number of carbonyl (C=O) groups is 1. The van der Waals surface area contributed by atoms with E-state index in [-0.39, 0.29) is 5.92 Å². The lowest BCUT2D eigenvalue weighted by molar-refractivity contribution is -0.119.